The highest BCUT2D eigenvalue weighted by Crippen LogP contribution is 2.52. The molecule has 0 aliphatic carbocycles. The predicted molar refractivity (Wildman–Crippen MR) is 159 cm³/mol. The second-order valence-electron chi connectivity index (χ2n) is 6.14. The van der Waals surface area contributed by atoms with E-state index in [-0.39, 0.29) is 0 Å². The molecule has 0 bridgehead atoms. The van der Waals surface area contributed by atoms with E-state index < -0.39 is 13.0 Å². The summed E-state index contributed by atoms with van der Waals surface area (Å²) in [6.07, 6.45) is 11.4. The third-order valence-electron chi connectivity index (χ3n) is 4.11. The lowest BCUT2D eigenvalue weighted by Crippen LogP contribution is -1.94. The fraction of sp³-hybridized carbons (Fsp3) is 1.00. The van der Waals surface area contributed by atoms with Crippen molar-refractivity contribution in [1.29, 1.82) is 0 Å². The van der Waals surface area contributed by atoms with Crippen molar-refractivity contribution in [3.8, 4) is 0 Å². The van der Waals surface area contributed by atoms with Gasteiger partial charge in [0.1, 0.15) is 0 Å². The lowest BCUT2D eigenvalue weighted by molar-refractivity contribution is 0.335. The highest BCUT2D eigenvalue weighted by Gasteiger charge is 2.14. The van der Waals surface area contributed by atoms with Gasteiger partial charge in [0, 0.05) is 52.3 Å². The third kappa shape index (κ3) is 19.5. The van der Waals surface area contributed by atoms with Gasteiger partial charge in [0.05, 0.1) is 0 Å². The summed E-state index contributed by atoms with van der Waals surface area (Å²) in [6, 6.07) is 0. The van der Waals surface area contributed by atoms with Gasteiger partial charge in [-0.1, -0.05) is 47.3 Å². The van der Waals surface area contributed by atoms with Gasteiger partial charge in [-0.15, -0.1) is 0 Å². The fourth-order valence-electron chi connectivity index (χ4n) is 2.28. The maximum atomic E-state index is 5.37. The maximum absolute atomic E-state index is 5.37. The van der Waals surface area contributed by atoms with Crippen molar-refractivity contribution in [2.45, 2.75) is 51.4 Å². The molecule has 14 heteroatoms. The highest BCUT2D eigenvalue weighted by molar-refractivity contribution is 9.41. The van der Waals surface area contributed by atoms with Gasteiger partial charge in [-0.25, -0.2) is 0 Å². The van der Waals surface area contributed by atoms with Crippen LogP contribution in [0.2, 0.25) is 0 Å². The van der Waals surface area contributed by atoms with E-state index in [9.17, 15) is 0 Å². The normalized spacial score (nSPS) is 12.5. The van der Waals surface area contributed by atoms with Crippen molar-refractivity contribution in [1.82, 2.24) is 0 Å². The smallest absolute Gasteiger partial charge is 0.188 e. The van der Waals surface area contributed by atoms with E-state index >= 15 is 0 Å². The van der Waals surface area contributed by atoms with Crippen LogP contribution in [-0.2, 0) is 41.7 Å². The topological polar surface area (TPSA) is 36.9 Å². The predicted octanol–water partition coefficient (Wildman–Crippen LogP) is 9.29. The van der Waals surface area contributed by atoms with Gasteiger partial charge >= 0.3 is 0 Å². The van der Waals surface area contributed by atoms with Crippen molar-refractivity contribution in [2.75, 3.05) is 52.3 Å². The first-order valence-corrected chi connectivity index (χ1v) is 23.2. The second kappa shape index (κ2) is 22.7. The zero-order chi connectivity index (χ0) is 22.6. The van der Waals surface area contributed by atoms with E-state index in [0.717, 1.165) is 25.2 Å². The van der Waals surface area contributed by atoms with Crippen molar-refractivity contribution < 1.29 is 18.1 Å². The molecule has 0 aromatic heterocycles. The van der Waals surface area contributed by atoms with Crippen LogP contribution in [-0.4, -0.2) is 52.3 Å². The van der Waals surface area contributed by atoms with Crippen molar-refractivity contribution in [3.63, 3.8) is 0 Å². The minimum Gasteiger partial charge on any atom is -0.333 e. The minimum atomic E-state index is -1.98. The van der Waals surface area contributed by atoms with Crippen LogP contribution in [0.25, 0.3) is 0 Å². The first-order chi connectivity index (χ1) is 14.4. The summed E-state index contributed by atoms with van der Waals surface area (Å²) in [4.78, 5) is 0. The number of hydrogen-bond acceptors (Lipinski definition) is 12. The Kier molecular flexibility index (Phi) is 25.1. The molecule has 0 radical (unpaired) electrons. The van der Waals surface area contributed by atoms with E-state index in [1.807, 2.05) is 60.9 Å². The molecule has 0 fully saturated rings. The molecule has 0 heterocycles. The number of rotatable bonds is 23. The number of unbranched alkanes of at least 4 members (excludes halogenated alkanes) is 6. The van der Waals surface area contributed by atoms with Crippen molar-refractivity contribution in [2.24, 2.45) is 0 Å². The Balaban J connectivity index is 3.25. The van der Waals surface area contributed by atoms with Gasteiger partial charge < -0.3 is 18.1 Å². The third-order valence-corrected chi connectivity index (χ3v) is 22.0. The van der Waals surface area contributed by atoms with E-state index in [0.29, 0.717) is 0 Å². The molecule has 30 heavy (non-hydrogen) atoms. The van der Waals surface area contributed by atoms with Crippen LogP contribution < -0.4 is 0 Å². The molecule has 4 nitrogen and oxygen atoms in total. The Bertz CT molecular complexity index is 432. The SMILES string of the molecule is COP(=S)(CCCCCCSSSSSSCCCCCCP(=S)(OC)OC)OC. The van der Waals surface area contributed by atoms with E-state index in [1.165, 1.54) is 50.0 Å². The monoisotopic (exact) mass is 610 g/mol. The molecule has 0 N–H and O–H groups in total. The molecule has 0 rings (SSSR count). The van der Waals surface area contributed by atoms with Gasteiger partial charge in [-0.05, 0) is 88.6 Å². The Morgan fingerprint density at radius 3 is 1.17 bits per heavy atom. The standard InChI is InChI=1S/C16H36O4P2S8/c1-17-21(23,18-2)13-9-5-7-11-15-25-27-29-30-28-26-16-12-8-6-10-14-22(24,19-3)20-4/h5-16H2,1-4H3. The Morgan fingerprint density at radius 1 is 0.500 bits per heavy atom. The van der Waals surface area contributed by atoms with Gasteiger partial charge in [0.25, 0.3) is 0 Å². The first kappa shape index (κ1) is 33.2. The van der Waals surface area contributed by atoms with E-state index in [4.69, 9.17) is 41.7 Å². The second-order valence-corrected chi connectivity index (χ2v) is 24.1. The molecule has 0 amide bonds. The summed E-state index contributed by atoms with van der Waals surface area (Å²) >= 11 is 10.7. The van der Waals surface area contributed by atoms with Gasteiger partial charge in [0.2, 0.25) is 0 Å². The van der Waals surface area contributed by atoms with Crippen LogP contribution in [0.4, 0.5) is 0 Å². The zero-order valence-electron chi connectivity index (χ0n) is 18.3. The van der Waals surface area contributed by atoms with Crippen LogP contribution in [0.15, 0.2) is 0 Å². The lowest BCUT2D eigenvalue weighted by atomic mass is 10.2. The molecule has 0 saturated carbocycles. The Labute approximate surface area is 217 Å². The maximum Gasteiger partial charge on any atom is 0.188 e. The quantitative estimate of drug-likeness (QED) is 0.0628. The van der Waals surface area contributed by atoms with Crippen molar-refractivity contribution in [3.05, 3.63) is 0 Å². The summed E-state index contributed by atoms with van der Waals surface area (Å²) in [7, 11) is 18.1. The molecule has 0 aromatic rings. The molecule has 0 aliphatic heterocycles. The fourth-order valence-corrected chi connectivity index (χ4v) is 17.1. The first-order valence-electron chi connectivity index (χ1n) is 9.77. The van der Waals surface area contributed by atoms with Gasteiger partial charge in [-0.3, -0.25) is 0 Å². The average molecular weight is 611 g/mol. The van der Waals surface area contributed by atoms with E-state index in [1.54, 1.807) is 28.4 Å². The highest BCUT2D eigenvalue weighted by atomic mass is 33.9. The Morgan fingerprint density at radius 2 is 0.833 bits per heavy atom. The zero-order valence-corrected chi connectivity index (χ0v) is 26.6. The minimum absolute atomic E-state index is 0.886. The van der Waals surface area contributed by atoms with Crippen LogP contribution in [0, 0.1) is 0 Å². The molecule has 0 spiro atoms. The largest absolute Gasteiger partial charge is 0.333 e. The summed E-state index contributed by atoms with van der Waals surface area (Å²) in [6.45, 7) is -3.96. The molecule has 0 aliphatic rings. The molecule has 0 unspecified atom stereocenters. The summed E-state index contributed by atoms with van der Waals surface area (Å²) in [5.41, 5.74) is 0. The summed E-state index contributed by atoms with van der Waals surface area (Å²) in [5, 5.41) is 0. The molecule has 0 atom stereocenters. The molecular formula is C16H36O4P2S8. The van der Waals surface area contributed by atoms with Crippen LogP contribution in [0.5, 0.6) is 0 Å². The number of hydrogen-bond donors (Lipinski definition) is 0. The van der Waals surface area contributed by atoms with Crippen molar-refractivity contribution >= 4 is 97.5 Å². The average Bonchev–Trinajstić information content (AvgIpc) is 2.77. The summed E-state index contributed by atoms with van der Waals surface area (Å²) < 4.78 is 21.2. The van der Waals surface area contributed by atoms with Crippen LogP contribution in [0.1, 0.15) is 51.4 Å². The van der Waals surface area contributed by atoms with Gasteiger partial charge in [0.15, 0.2) is 13.0 Å². The summed E-state index contributed by atoms with van der Waals surface area (Å²) in [5.74, 6) is 2.41. The molecule has 182 valence electrons. The molecule has 0 saturated heterocycles. The van der Waals surface area contributed by atoms with E-state index in [2.05, 4.69) is 0 Å². The Hall–Kier alpha value is 3.24. The molecular weight excluding hydrogens is 575 g/mol. The van der Waals surface area contributed by atoms with Gasteiger partial charge in [-0.2, -0.15) is 0 Å². The van der Waals surface area contributed by atoms with Crippen LogP contribution in [0.3, 0.4) is 0 Å². The lowest BCUT2D eigenvalue weighted by Gasteiger charge is -2.17. The molecule has 0 aromatic carbocycles. The van der Waals surface area contributed by atoms with Crippen LogP contribution >= 0.6 is 73.9 Å².